The summed E-state index contributed by atoms with van der Waals surface area (Å²) in [4.78, 5) is 37.2. The molecule has 2 amide bonds. The number of carbonyl (C=O) groups is 3. The van der Waals surface area contributed by atoms with E-state index in [4.69, 9.17) is 5.11 Å². The van der Waals surface area contributed by atoms with Gasteiger partial charge in [-0.1, -0.05) is 18.2 Å². The molecule has 3 N–H and O–H groups in total. The van der Waals surface area contributed by atoms with Gasteiger partial charge in [0.1, 0.15) is 0 Å². The van der Waals surface area contributed by atoms with Crippen LogP contribution in [0, 0.1) is 0 Å². The van der Waals surface area contributed by atoms with Gasteiger partial charge >= 0.3 is 5.97 Å². The molecule has 0 bridgehead atoms. The maximum atomic E-state index is 12.5. The summed E-state index contributed by atoms with van der Waals surface area (Å²) >= 11 is 2.71. The van der Waals surface area contributed by atoms with Crippen LogP contribution in [0.15, 0.2) is 70.9 Å². The molecular weight excluding hydrogens is 408 g/mol. The normalized spacial score (nSPS) is 11.5. The molecule has 0 spiro atoms. The fourth-order valence-electron chi connectivity index (χ4n) is 2.48. The number of aromatic carboxylic acids is 1. The van der Waals surface area contributed by atoms with Gasteiger partial charge in [-0.05, 0) is 54.8 Å². The van der Waals surface area contributed by atoms with Crippen molar-refractivity contribution in [1.82, 2.24) is 0 Å². The molecule has 148 valence electrons. The van der Waals surface area contributed by atoms with Gasteiger partial charge in [-0.25, -0.2) is 4.79 Å². The van der Waals surface area contributed by atoms with Crippen LogP contribution in [0.3, 0.4) is 0 Å². The highest BCUT2D eigenvalue weighted by atomic mass is 32.2. The van der Waals surface area contributed by atoms with E-state index in [-0.39, 0.29) is 17.4 Å². The second-order valence-corrected chi connectivity index (χ2v) is 8.46. The van der Waals surface area contributed by atoms with Crippen LogP contribution in [0.25, 0.3) is 0 Å². The van der Waals surface area contributed by atoms with Crippen LogP contribution in [0.2, 0.25) is 0 Å². The van der Waals surface area contributed by atoms with E-state index in [9.17, 15) is 14.4 Å². The number of nitrogens with one attached hydrogen (secondary N) is 2. The highest BCUT2D eigenvalue weighted by Crippen LogP contribution is 2.27. The SMILES string of the molecule is CC(Sc1cccc(NC(=O)c2cccs2)c1)C(=O)Nc1cccc(C(=O)O)c1. The van der Waals surface area contributed by atoms with Gasteiger partial charge in [0.15, 0.2) is 0 Å². The molecule has 29 heavy (non-hydrogen) atoms. The standard InChI is InChI=1S/C21H18N2O4S2/c1-13(19(24)22-15-6-2-5-14(11-15)21(26)27)29-17-8-3-7-16(12-17)23-20(25)18-9-4-10-28-18/h2-13H,1H3,(H,22,24)(H,23,25)(H,26,27). The molecule has 6 nitrogen and oxygen atoms in total. The average Bonchev–Trinajstić information content (AvgIpc) is 3.23. The fourth-order valence-corrected chi connectivity index (χ4v) is 4.02. The smallest absolute Gasteiger partial charge is 0.335 e. The van der Waals surface area contributed by atoms with Crippen molar-refractivity contribution in [1.29, 1.82) is 0 Å². The second kappa shape index (κ2) is 9.40. The van der Waals surface area contributed by atoms with Gasteiger partial charge in [0.25, 0.3) is 5.91 Å². The van der Waals surface area contributed by atoms with E-state index in [1.165, 1.54) is 35.2 Å². The van der Waals surface area contributed by atoms with Crippen LogP contribution in [-0.4, -0.2) is 28.1 Å². The molecule has 0 aliphatic rings. The first-order valence-electron chi connectivity index (χ1n) is 8.68. The Morgan fingerprint density at radius 2 is 1.69 bits per heavy atom. The largest absolute Gasteiger partial charge is 0.478 e. The Balaban J connectivity index is 1.62. The third-order valence-corrected chi connectivity index (χ3v) is 5.86. The molecule has 0 aliphatic heterocycles. The zero-order chi connectivity index (χ0) is 20.8. The minimum atomic E-state index is -1.05. The summed E-state index contributed by atoms with van der Waals surface area (Å²) in [5.41, 5.74) is 1.19. The van der Waals surface area contributed by atoms with Crippen molar-refractivity contribution in [3.63, 3.8) is 0 Å². The summed E-state index contributed by atoms with van der Waals surface area (Å²) in [5, 5.41) is 16.0. The van der Waals surface area contributed by atoms with Gasteiger partial charge in [0.05, 0.1) is 15.7 Å². The zero-order valence-electron chi connectivity index (χ0n) is 15.4. The first kappa shape index (κ1) is 20.6. The third-order valence-electron chi connectivity index (χ3n) is 3.90. The molecule has 1 atom stereocenters. The summed E-state index contributed by atoms with van der Waals surface area (Å²) < 4.78 is 0. The quantitative estimate of drug-likeness (QED) is 0.471. The number of benzene rings is 2. The second-order valence-electron chi connectivity index (χ2n) is 6.09. The van der Waals surface area contributed by atoms with Crippen molar-refractivity contribution in [3.05, 3.63) is 76.5 Å². The molecule has 0 saturated carbocycles. The minimum absolute atomic E-state index is 0.109. The molecule has 0 fully saturated rings. The van der Waals surface area contributed by atoms with Gasteiger partial charge in [-0.15, -0.1) is 23.1 Å². The first-order chi connectivity index (χ1) is 13.9. The Bertz CT molecular complexity index is 1030. The molecule has 0 saturated heterocycles. The Labute approximate surface area is 176 Å². The number of hydrogen-bond acceptors (Lipinski definition) is 5. The topological polar surface area (TPSA) is 95.5 Å². The van der Waals surface area contributed by atoms with Gasteiger partial charge in [-0.2, -0.15) is 0 Å². The molecule has 3 aromatic rings. The Morgan fingerprint density at radius 3 is 2.38 bits per heavy atom. The van der Waals surface area contributed by atoms with E-state index in [0.717, 1.165) is 4.90 Å². The lowest BCUT2D eigenvalue weighted by Crippen LogP contribution is -2.22. The fraction of sp³-hybridized carbons (Fsp3) is 0.0952. The van der Waals surface area contributed by atoms with Gasteiger partial charge < -0.3 is 15.7 Å². The van der Waals surface area contributed by atoms with Gasteiger partial charge in [0.2, 0.25) is 5.91 Å². The molecule has 8 heteroatoms. The van der Waals surface area contributed by atoms with Crippen molar-refractivity contribution in [2.24, 2.45) is 0 Å². The summed E-state index contributed by atoms with van der Waals surface area (Å²) in [5.74, 6) is -1.47. The van der Waals surface area contributed by atoms with Crippen LogP contribution in [0.5, 0.6) is 0 Å². The van der Waals surface area contributed by atoms with Gasteiger partial charge in [-0.3, -0.25) is 9.59 Å². The van der Waals surface area contributed by atoms with E-state index in [1.807, 2.05) is 29.6 Å². The summed E-state index contributed by atoms with van der Waals surface area (Å²) in [6, 6.07) is 16.9. The molecule has 1 unspecified atom stereocenters. The lowest BCUT2D eigenvalue weighted by molar-refractivity contribution is -0.115. The zero-order valence-corrected chi connectivity index (χ0v) is 17.0. The predicted octanol–water partition coefficient (Wildman–Crippen LogP) is 4.82. The van der Waals surface area contributed by atoms with Crippen LogP contribution in [0.1, 0.15) is 27.0 Å². The number of amides is 2. The highest BCUT2D eigenvalue weighted by Gasteiger charge is 2.16. The van der Waals surface area contributed by atoms with Crippen molar-refractivity contribution < 1.29 is 19.5 Å². The lowest BCUT2D eigenvalue weighted by Gasteiger charge is -2.13. The number of hydrogen-bond donors (Lipinski definition) is 3. The van der Waals surface area contributed by atoms with Gasteiger partial charge in [0, 0.05) is 16.3 Å². The van der Waals surface area contributed by atoms with E-state index in [1.54, 1.807) is 31.2 Å². The number of carboxylic acid groups (broad SMARTS) is 1. The number of carbonyl (C=O) groups excluding carboxylic acids is 2. The van der Waals surface area contributed by atoms with Crippen molar-refractivity contribution in [3.8, 4) is 0 Å². The monoisotopic (exact) mass is 426 g/mol. The molecular formula is C21H18N2O4S2. The van der Waals surface area contributed by atoms with E-state index < -0.39 is 11.2 Å². The summed E-state index contributed by atoms with van der Waals surface area (Å²) in [6.07, 6.45) is 0. The highest BCUT2D eigenvalue weighted by molar-refractivity contribution is 8.00. The minimum Gasteiger partial charge on any atom is -0.478 e. The van der Waals surface area contributed by atoms with E-state index in [0.29, 0.717) is 16.3 Å². The van der Waals surface area contributed by atoms with Crippen LogP contribution in [0.4, 0.5) is 11.4 Å². The van der Waals surface area contributed by atoms with E-state index >= 15 is 0 Å². The summed E-state index contributed by atoms with van der Waals surface area (Å²) in [7, 11) is 0. The maximum Gasteiger partial charge on any atom is 0.335 e. The molecule has 1 heterocycles. The Morgan fingerprint density at radius 1 is 0.966 bits per heavy atom. The predicted molar refractivity (Wildman–Crippen MR) is 116 cm³/mol. The molecule has 3 rings (SSSR count). The first-order valence-corrected chi connectivity index (χ1v) is 10.4. The molecule has 0 radical (unpaired) electrons. The maximum absolute atomic E-state index is 12.5. The number of rotatable bonds is 7. The van der Waals surface area contributed by atoms with E-state index in [2.05, 4.69) is 10.6 Å². The van der Waals surface area contributed by atoms with Crippen LogP contribution in [-0.2, 0) is 4.79 Å². The Hall–Kier alpha value is -3.10. The third kappa shape index (κ3) is 5.69. The number of thioether (sulfide) groups is 1. The summed E-state index contributed by atoms with van der Waals surface area (Å²) in [6.45, 7) is 1.76. The van der Waals surface area contributed by atoms with Crippen LogP contribution >= 0.6 is 23.1 Å². The molecule has 1 aromatic heterocycles. The molecule has 0 aliphatic carbocycles. The Kier molecular flexibility index (Phi) is 6.69. The van der Waals surface area contributed by atoms with Crippen molar-refractivity contribution in [2.75, 3.05) is 10.6 Å². The van der Waals surface area contributed by atoms with Crippen molar-refractivity contribution in [2.45, 2.75) is 17.1 Å². The number of anilines is 2. The number of thiophene rings is 1. The van der Waals surface area contributed by atoms with Crippen molar-refractivity contribution >= 4 is 52.3 Å². The molecule has 2 aromatic carbocycles. The number of carboxylic acids is 1. The average molecular weight is 427 g/mol. The van der Waals surface area contributed by atoms with Crippen LogP contribution < -0.4 is 10.6 Å². The lowest BCUT2D eigenvalue weighted by atomic mass is 10.2.